The van der Waals surface area contributed by atoms with Crippen LogP contribution in [0.4, 0.5) is 11.5 Å². The lowest BCUT2D eigenvalue weighted by atomic mass is 10.1. The van der Waals surface area contributed by atoms with E-state index in [0.717, 1.165) is 22.4 Å². The van der Waals surface area contributed by atoms with E-state index in [1.54, 1.807) is 45.3 Å². The third kappa shape index (κ3) is 5.12. The Kier molecular flexibility index (Phi) is 5.88. The third-order valence-corrected chi connectivity index (χ3v) is 6.68. The van der Waals surface area contributed by atoms with E-state index in [9.17, 15) is 8.42 Å². The molecular formula is C22H26N4O2S. The zero-order valence-corrected chi connectivity index (χ0v) is 17.9. The normalized spacial score (nSPS) is 11.9. The summed E-state index contributed by atoms with van der Waals surface area (Å²) in [6.45, 7) is 7.61. The van der Waals surface area contributed by atoms with Crippen molar-refractivity contribution in [3.8, 4) is 11.3 Å². The van der Waals surface area contributed by atoms with Gasteiger partial charge < -0.3 is 5.32 Å². The van der Waals surface area contributed by atoms with Gasteiger partial charge in [-0.3, -0.25) is 9.71 Å². The van der Waals surface area contributed by atoms with Crippen molar-refractivity contribution in [1.82, 2.24) is 9.97 Å². The Morgan fingerprint density at radius 2 is 1.62 bits per heavy atom. The quantitative estimate of drug-likeness (QED) is 0.620. The van der Waals surface area contributed by atoms with Crippen molar-refractivity contribution < 1.29 is 8.42 Å². The number of nitrogens with one attached hydrogen (secondary N) is 2. The van der Waals surface area contributed by atoms with Crippen LogP contribution in [-0.2, 0) is 16.6 Å². The Morgan fingerprint density at radius 3 is 2.21 bits per heavy atom. The van der Waals surface area contributed by atoms with Gasteiger partial charge in [-0.05, 0) is 51.0 Å². The van der Waals surface area contributed by atoms with Gasteiger partial charge in [-0.2, -0.15) is 0 Å². The third-order valence-electron chi connectivity index (χ3n) is 4.56. The van der Waals surface area contributed by atoms with E-state index in [0.29, 0.717) is 18.1 Å². The molecule has 2 aromatic carbocycles. The van der Waals surface area contributed by atoms with Crippen LogP contribution in [0.5, 0.6) is 0 Å². The van der Waals surface area contributed by atoms with E-state index in [-0.39, 0.29) is 0 Å². The predicted octanol–water partition coefficient (Wildman–Crippen LogP) is 4.60. The second-order valence-corrected chi connectivity index (χ2v) is 10.3. The van der Waals surface area contributed by atoms with Gasteiger partial charge in [0.2, 0.25) is 10.0 Å². The van der Waals surface area contributed by atoms with Crippen LogP contribution in [0.3, 0.4) is 0 Å². The summed E-state index contributed by atoms with van der Waals surface area (Å²) in [5.74, 6) is 0.680. The molecule has 0 atom stereocenters. The van der Waals surface area contributed by atoms with Crippen LogP contribution in [0.2, 0.25) is 0 Å². The number of rotatable bonds is 6. The minimum Gasteiger partial charge on any atom is -0.365 e. The molecule has 0 aliphatic rings. The summed E-state index contributed by atoms with van der Waals surface area (Å²) in [6, 6.07) is 15.3. The number of anilines is 2. The van der Waals surface area contributed by atoms with Gasteiger partial charge in [0.15, 0.2) is 0 Å². The average Bonchev–Trinajstić information content (AvgIpc) is 2.67. The second-order valence-electron chi connectivity index (χ2n) is 7.87. The fourth-order valence-electron chi connectivity index (χ4n) is 2.61. The molecule has 0 bridgehead atoms. The number of aromatic nitrogens is 2. The maximum absolute atomic E-state index is 12.2. The Morgan fingerprint density at radius 1 is 0.931 bits per heavy atom. The average molecular weight is 411 g/mol. The number of nitrogens with zero attached hydrogens (tertiary/aromatic N) is 2. The lowest BCUT2D eigenvalue weighted by Crippen LogP contribution is -2.33. The van der Waals surface area contributed by atoms with Crippen molar-refractivity contribution in [2.45, 2.75) is 39.0 Å². The molecule has 1 aromatic heterocycles. The smallest absolute Gasteiger partial charge is 0.237 e. The van der Waals surface area contributed by atoms with Crippen LogP contribution < -0.4 is 10.0 Å². The topological polar surface area (TPSA) is 84.0 Å². The minimum absolute atomic E-state index is 0.547. The molecule has 0 aliphatic heterocycles. The van der Waals surface area contributed by atoms with E-state index in [2.05, 4.69) is 33.0 Å². The molecule has 0 amide bonds. The van der Waals surface area contributed by atoms with Gasteiger partial charge in [0, 0.05) is 17.8 Å². The zero-order chi connectivity index (χ0) is 21.1. The summed E-state index contributed by atoms with van der Waals surface area (Å²) in [6.07, 6.45) is 3.47. The molecule has 0 fully saturated rings. The van der Waals surface area contributed by atoms with Gasteiger partial charge in [0.25, 0.3) is 0 Å². The fraction of sp³-hybridized carbons (Fsp3) is 0.273. The largest absolute Gasteiger partial charge is 0.365 e. The lowest BCUT2D eigenvalue weighted by molar-refractivity contribution is 0.566. The standard InChI is InChI=1S/C22H26N4O2S/c1-16-7-5-6-8-19(16)20-14-25-21(15-23-20)24-13-17-9-11-18(12-10-17)26-29(27,28)22(2,3)4/h5-12,14-15,26H,13H2,1-4H3,(H,24,25). The van der Waals surface area contributed by atoms with Gasteiger partial charge in [0.1, 0.15) is 5.82 Å². The van der Waals surface area contributed by atoms with Crippen LogP contribution in [-0.4, -0.2) is 23.1 Å². The van der Waals surface area contributed by atoms with Gasteiger partial charge >= 0.3 is 0 Å². The van der Waals surface area contributed by atoms with Crippen LogP contribution in [0, 0.1) is 6.92 Å². The zero-order valence-electron chi connectivity index (χ0n) is 17.1. The molecule has 3 aromatic rings. The lowest BCUT2D eigenvalue weighted by Gasteiger charge is -2.20. The molecular weight excluding hydrogens is 384 g/mol. The van der Waals surface area contributed by atoms with Crippen LogP contribution in [0.15, 0.2) is 60.9 Å². The highest BCUT2D eigenvalue weighted by Crippen LogP contribution is 2.22. The SMILES string of the molecule is Cc1ccccc1-c1cnc(NCc2ccc(NS(=O)(=O)C(C)(C)C)cc2)cn1. The van der Waals surface area contributed by atoms with E-state index in [4.69, 9.17) is 0 Å². The number of sulfonamides is 1. The monoisotopic (exact) mass is 410 g/mol. The molecule has 2 N–H and O–H groups in total. The summed E-state index contributed by atoms with van der Waals surface area (Å²) in [7, 11) is -3.43. The summed E-state index contributed by atoms with van der Waals surface area (Å²) >= 11 is 0. The van der Waals surface area contributed by atoms with Crippen molar-refractivity contribution in [3.63, 3.8) is 0 Å². The maximum Gasteiger partial charge on any atom is 0.237 e. The molecule has 0 saturated heterocycles. The Balaban J connectivity index is 1.61. The molecule has 29 heavy (non-hydrogen) atoms. The molecule has 152 valence electrons. The molecule has 0 aliphatic carbocycles. The van der Waals surface area contributed by atoms with E-state index < -0.39 is 14.8 Å². The highest BCUT2D eigenvalue weighted by atomic mass is 32.2. The van der Waals surface area contributed by atoms with E-state index >= 15 is 0 Å². The fourth-order valence-corrected chi connectivity index (χ4v) is 3.36. The second kappa shape index (κ2) is 8.21. The molecule has 6 nitrogen and oxygen atoms in total. The highest BCUT2D eigenvalue weighted by Gasteiger charge is 2.28. The summed E-state index contributed by atoms with van der Waals surface area (Å²) in [5, 5.41) is 3.23. The van der Waals surface area contributed by atoms with Gasteiger partial charge in [-0.1, -0.05) is 36.4 Å². The van der Waals surface area contributed by atoms with Crippen LogP contribution in [0.1, 0.15) is 31.9 Å². The van der Waals surface area contributed by atoms with Crippen molar-refractivity contribution >= 4 is 21.5 Å². The predicted molar refractivity (Wildman–Crippen MR) is 118 cm³/mol. The first-order chi connectivity index (χ1) is 13.7. The molecule has 0 spiro atoms. The van der Waals surface area contributed by atoms with E-state index in [1.807, 2.05) is 30.3 Å². The Bertz CT molecular complexity index is 1070. The number of hydrogen-bond acceptors (Lipinski definition) is 5. The highest BCUT2D eigenvalue weighted by molar-refractivity contribution is 7.94. The first-order valence-electron chi connectivity index (χ1n) is 9.39. The van der Waals surface area contributed by atoms with Crippen molar-refractivity contribution in [2.75, 3.05) is 10.0 Å². The molecule has 0 unspecified atom stereocenters. The van der Waals surface area contributed by atoms with Crippen molar-refractivity contribution in [1.29, 1.82) is 0 Å². The maximum atomic E-state index is 12.2. The summed E-state index contributed by atoms with van der Waals surface area (Å²) in [5.41, 5.74) is 4.62. The number of aryl methyl sites for hydroxylation is 1. The Hall–Kier alpha value is -2.93. The summed E-state index contributed by atoms with van der Waals surface area (Å²) < 4.78 is 26.2. The summed E-state index contributed by atoms with van der Waals surface area (Å²) in [4.78, 5) is 8.94. The van der Waals surface area contributed by atoms with E-state index in [1.165, 1.54) is 0 Å². The van der Waals surface area contributed by atoms with Gasteiger partial charge in [0.05, 0.1) is 22.8 Å². The van der Waals surface area contributed by atoms with Crippen LogP contribution >= 0.6 is 0 Å². The minimum atomic E-state index is -3.43. The van der Waals surface area contributed by atoms with Gasteiger partial charge in [-0.15, -0.1) is 0 Å². The van der Waals surface area contributed by atoms with Crippen molar-refractivity contribution in [3.05, 3.63) is 72.1 Å². The molecule has 0 saturated carbocycles. The Labute approximate surface area is 172 Å². The van der Waals surface area contributed by atoms with Gasteiger partial charge in [-0.25, -0.2) is 13.4 Å². The number of benzene rings is 2. The molecule has 1 heterocycles. The first kappa shape index (κ1) is 20.8. The number of hydrogen-bond donors (Lipinski definition) is 2. The van der Waals surface area contributed by atoms with Crippen LogP contribution in [0.25, 0.3) is 11.3 Å². The molecule has 7 heteroatoms. The molecule has 0 radical (unpaired) electrons. The van der Waals surface area contributed by atoms with Crippen molar-refractivity contribution in [2.24, 2.45) is 0 Å². The molecule has 3 rings (SSSR count). The first-order valence-corrected chi connectivity index (χ1v) is 10.9.